The Bertz CT molecular complexity index is 492. The van der Waals surface area contributed by atoms with E-state index in [4.69, 9.17) is 4.74 Å². The van der Waals surface area contributed by atoms with Gasteiger partial charge in [-0.2, -0.15) is 8.78 Å². The molecule has 19 heavy (non-hydrogen) atoms. The normalized spacial score (nSPS) is 11.8. The van der Waals surface area contributed by atoms with E-state index < -0.39 is 15.6 Å². The fraction of sp³-hybridized carbons (Fsp3) is 0.500. The largest absolute Gasteiger partial charge is 0.384 e. The lowest BCUT2D eigenvalue weighted by Crippen LogP contribution is -2.15. The molecule has 0 aromatic heterocycles. The van der Waals surface area contributed by atoms with E-state index in [9.17, 15) is 17.2 Å². The van der Waals surface area contributed by atoms with Crippen LogP contribution in [0, 0.1) is 0 Å². The minimum absolute atomic E-state index is 0.194. The van der Waals surface area contributed by atoms with E-state index in [2.05, 4.69) is 5.32 Å². The van der Waals surface area contributed by atoms with Gasteiger partial charge in [0.15, 0.2) is 0 Å². The monoisotopic (exact) mass is 293 g/mol. The number of alkyl halides is 2. The minimum atomic E-state index is -4.58. The van der Waals surface area contributed by atoms with Crippen molar-refractivity contribution >= 4 is 15.5 Å². The lowest BCUT2D eigenvalue weighted by Gasteiger charge is -2.12. The summed E-state index contributed by atoms with van der Waals surface area (Å²) in [5.74, 6) is -3.42. The van der Waals surface area contributed by atoms with Crippen LogP contribution >= 0.6 is 0 Å². The van der Waals surface area contributed by atoms with Gasteiger partial charge in [-0.25, -0.2) is 8.42 Å². The van der Waals surface area contributed by atoms with Crippen molar-refractivity contribution in [2.24, 2.45) is 0 Å². The molecule has 0 spiro atoms. The molecule has 1 aromatic carbocycles. The van der Waals surface area contributed by atoms with Crippen LogP contribution in [0.25, 0.3) is 0 Å². The van der Waals surface area contributed by atoms with E-state index in [-0.39, 0.29) is 10.6 Å². The molecule has 4 nitrogen and oxygen atoms in total. The summed E-state index contributed by atoms with van der Waals surface area (Å²) < 4.78 is 53.1. The number of para-hydroxylation sites is 1. The third kappa shape index (κ3) is 4.43. The number of ether oxygens (including phenoxy) is 1. The van der Waals surface area contributed by atoms with Crippen LogP contribution in [0.2, 0.25) is 0 Å². The van der Waals surface area contributed by atoms with Crippen LogP contribution in [0.5, 0.6) is 0 Å². The maximum Gasteiger partial charge on any atom is 0.341 e. The second-order valence-corrected chi connectivity index (χ2v) is 5.67. The molecule has 0 aliphatic carbocycles. The highest BCUT2D eigenvalue weighted by Crippen LogP contribution is 2.25. The maximum absolute atomic E-state index is 12.5. The molecule has 0 aliphatic heterocycles. The first-order chi connectivity index (χ1) is 9.00. The number of rotatable bonds is 8. The summed E-state index contributed by atoms with van der Waals surface area (Å²) in [6.45, 7) is 3.47. The highest BCUT2D eigenvalue weighted by molar-refractivity contribution is 7.91. The average molecular weight is 293 g/mol. The fourth-order valence-electron chi connectivity index (χ4n) is 1.50. The van der Waals surface area contributed by atoms with E-state index in [1.165, 1.54) is 18.2 Å². The summed E-state index contributed by atoms with van der Waals surface area (Å²) in [6, 6.07) is 5.65. The van der Waals surface area contributed by atoms with E-state index in [0.717, 1.165) is 0 Å². The first-order valence-electron chi connectivity index (χ1n) is 5.92. The van der Waals surface area contributed by atoms with Gasteiger partial charge in [0.1, 0.15) is 0 Å². The zero-order chi connectivity index (χ0) is 14.3. The Kier molecular flexibility index (Phi) is 6.17. The van der Waals surface area contributed by atoms with Crippen LogP contribution in [-0.4, -0.2) is 33.9 Å². The first kappa shape index (κ1) is 15.8. The molecule has 1 N–H and O–H groups in total. The Morgan fingerprint density at radius 1 is 1.32 bits per heavy atom. The molecular weight excluding hydrogens is 276 g/mol. The third-order valence-corrected chi connectivity index (χ3v) is 3.85. The number of nitrogens with one attached hydrogen (secondary N) is 1. The van der Waals surface area contributed by atoms with Gasteiger partial charge in [0, 0.05) is 19.8 Å². The number of halogens is 2. The molecule has 1 rings (SSSR count). The van der Waals surface area contributed by atoms with Crippen molar-refractivity contribution in [3.05, 3.63) is 24.3 Å². The second-order valence-electron chi connectivity index (χ2n) is 3.78. The van der Waals surface area contributed by atoms with Crippen molar-refractivity contribution in [1.29, 1.82) is 0 Å². The van der Waals surface area contributed by atoms with Crippen molar-refractivity contribution in [2.45, 2.75) is 24.0 Å². The minimum Gasteiger partial charge on any atom is -0.384 e. The van der Waals surface area contributed by atoms with Gasteiger partial charge in [-0.15, -0.1) is 0 Å². The van der Waals surface area contributed by atoms with Crippen LogP contribution in [0.4, 0.5) is 14.5 Å². The van der Waals surface area contributed by atoms with Gasteiger partial charge in [0.05, 0.1) is 10.6 Å². The first-order valence-corrected chi connectivity index (χ1v) is 7.47. The zero-order valence-corrected chi connectivity index (χ0v) is 11.4. The van der Waals surface area contributed by atoms with Crippen molar-refractivity contribution in [3.8, 4) is 0 Å². The quantitative estimate of drug-likeness (QED) is 0.748. The van der Waals surface area contributed by atoms with E-state index in [0.29, 0.717) is 26.2 Å². The Balaban J connectivity index is 2.74. The summed E-state index contributed by atoms with van der Waals surface area (Å²) >= 11 is 0. The van der Waals surface area contributed by atoms with Crippen LogP contribution in [0.3, 0.4) is 0 Å². The molecule has 0 amide bonds. The summed E-state index contributed by atoms with van der Waals surface area (Å²) in [4.78, 5) is -0.374. The molecular formula is C12H17F2NO3S. The van der Waals surface area contributed by atoms with Crippen molar-refractivity contribution in [3.63, 3.8) is 0 Å². The predicted octanol–water partition coefficient (Wildman–Crippen LogP) is 2.52. The Hall–Kier alpha value is -1.21. The molecule has 0 aliphatic rings. The van der Waals surface area contributed by atoms with Crippen LogP contribution in [-0.2, 0) is 14.6 Å². The Labute approximate surface area is 111 Å². The average Bonchev–Trinajstić information content (AvgIpc) is 2.38. The lowest BCUT2D eigenvalue weighted by atomic mass is 10.3. The molecule has 1 aromatic rings. The van der Waals surface area contributed by atoms with Crippen LogP contribution in [0.15, 0.2) is 29.2 Å². The summed E-state index contributed by atoms with van der Waals surface area (Å²) in [6.07, 6.45) is 0.664. The molecule has 7 heteroatoms. The highest BCUT2D eigenvalue weighted by atomic mass is 32.2. The molecule has 108 valence electrons. The van der Waals surface area contributed by atoms with Gasteiger partial charge in [0.2, 0.25) is 9.84 Å². The van der Waals surface area contributed by atoms with Gasteiger partial charge in [-0.3, -0.25) is 0 Å². The topological polar surface area (TPSA) is 55.4 Å². The van der Waals surface area contributed by atoms with Crippen molar-refractivity contribution in [2.75, 3.05) is 25.1 Å². The molecule has 0 unspecified atom stereocenters. The lowest BCUT2D eigenvalue weighted by molar-refractivity contribution is 0.147. The number of benzene rings is 1. The predicted molar refractivity (Wildman–Crippen MR) is 69.2 cm³/mol. The zero-order valence-electron chi connectivity index (χ0n) is 10.6. The maximum atomic E-state index is 12.5. The molecule has 0 fully saturated rings. The standard InChI is InChI=1S/C12H17F2NO3S/c1-2-18-9-5-8-15-10-6-3-4-7-11(10)19(16,17)12(13)14/h3-4,6-7,12,15H,2,5,8-9H2,1H3. The van der Waals surface area contributed by atoms with Gasteiger partial charge in [-0.05, 0) is 25.5 Å². The van der Waals surface area contributed by atoms with Gasteiger partial charge < -0.3 is 10.1 Å². The van der Waals surface area contributed by atoms with Crippen LogP contribution < -0.4 is 5.32 Å². The number of hydrogen-bond acceptors (Lipinski definition) is 4. The summed E-state index contributed by atoms with van der Waals surface area (Å²) in [5.41, 5.74) is 0.194. The van der Waals surface area contributed by atoms with Crippen molar-refractivity contribution in [1.82, 2.24) is 0 Å². The Morgan fingerprint density at radius 2 is 2.00 bits per heavy atom. The third-order valence-electron chi connectivity index (χ3n) is 2.41. The molecule has 0 heterocycles. The van der Waals surface area contributed by atoms with Crippen LogP contribution in [0.1, 0.15) is 13.3 Å². The smallest absolute Gasteiger partial charge is 0.341 e. The van der Waals surface area contributed by atoms with E-state index >= 15 is 0 Å². The number of hydrogen-bond donors (Lipinski definition) is 1. The molecule has 0 radical (unpaired) electrons. The number of anilines is 1. The van der Waals surface area contributed by atoms with Gasteiger partial charge in [-0.1, -0.05) is 12.1 Å². The van der Waals surface area contributed by atoms with Gasteiger partial charge >= 0.3 is 5.76 Å². The SMILES string of the molecule is CCOCCCNc1ccccc1S(=O)(=O)C(F)F. The molecule has 0 atom stereocenters. The number of sulfone groups is 1. The highest BCUT2D eigenvalue weighted by Gasteiger charge is 2.28. The Morgan fingerprint density at radius 3 is 2.63 bits per heavy atom. The molecule has 0 bridgehead atoms. The fourth-order valence-corrected chi connectivity index (χ4v) is 2.41. The molecule has 0 saturated carbocycles. The second kappa shape index (κ2) is 7.40. The summed E-state index contributed by atoms with van der Waals surface area (Å²) in [7, 11) is -4.58. The van der Waals surface area contributed by atoms with E-state index in [1.54, 1.807) is 6.07 Å². The molecule has 0 saturated heterocycles. The van der Waals surface area contributed by atoms with E-state index in [1.807, 2.05) is 6.92 Å². The van der Waals surface area contributed by atoms with Gasteiger partial charge in [0.25, 0.3) is 0 Å². The summed E-state index contributed by atoms with van der Waals surface area (Å²) in [5, 5.41) is 2.84. The van der Waals surface area contributed by atoms with Crippen molar-refractivity contribution < 1.29 is 21.9 Å².